The second kappa shape index (κ2) is 3.69. The molecule has 0 bridgehead atoms. The summed E-state index contributed by atoms with van der Waals surface area (Å²) in [5.41, 5.74) is 8.14. The second-order valence-corrected chi connectivity index (χ2v) is 3.48. The van der Waals surface area contributed by atoms with Gasteiger partial charge in [0.05, 0.1) is 5.69 Å². The van der Waals surface area contributed by atoms with Gasteiger partial charge in [0.15, 0.2) is 5.69 Å². The zero-order valence-corrected chi connectivity index (χ0v) is 8.69. The van der Waals surface area contributed by atoms with E-state index in [-0.39, 0.29) is 11.4 Å². The number of aromatic nitrogens is 2. The fourth-order valence-electron chi connectivity index (χ4n) is 1.56. The molecule has 1 heterocycles. The van der Waals surface area contributed by atoms with Crippen LogP contribution in [-0.2, 0) is 0 Å². The lowest BCUT2D eigenvalue weighted by molar-refractivity contribution is 0.0691. The Hall–Kier alpha value is -2.30. The van der Waals surface area contributed by atoms with E-state index in [0.29, 0.717) is 5.69 Å². The molecule has 0 aliphatic rings. The van der Waals surface area contributed by atoms with Crippen LogP contribution < -0.4 is 5.73 Å². The van der Waals surface area contributed by atoms with Gasteiger partial charge in [0.1, 0.15) is 5.69 Å². The number of aromatic amines is 1. The molecule has 0 amide bonds. The number of anilines is 1. The number of nitrogen functional groups attached to an aromatic ring is 1. The molecule has 0 atom stereocenters. The van der Waals surface area contributed by atoms with Gasteiger partial charge in [-0.1, -0.05) is 24.3 Å². The van der Waals surface area contributed by atoms with Gasteiger partial charge in [-0.05, 0) is 12.5 Å². The zero-order valence-electron chi connectivity index (χ0n) is 8.69. The number of hydrogen-bond donors (Lipinski definition) is 3. The maximum atomic E-state index is 10.8. The van der Waals surface area contributed by atoms with E-state index in [1.807, 2.05) is 31.2 Å². The van der Waals surface area contributed by atoms with E-state index in [1.54, 1.807) is 0 Å². The smallest absolute Gasteiger partial charge is 0.356 e. The van der Waals surface area contributed by atoms with Gasteiger partial charge < -0.3 is 10.8 Å². The third kappa shape index (κ3) is 1.52. The third-order valence-electron chi connectivity index (χ3n) is 2.42. The Bertz CT molecular complexity index is 546. The molecule has 4 N–H and O–H groups in total. The molecule has 0 fully saturated rings. The third-order valence-corrected chi connectivity index (χ3v) is 2.42. The van der Waals surface area contributed by atoms with Crippen LogP contribution in [0, 0.1) is 6.92 Å². The van der Waals surface area contributed by atoms with Crippen molar-refractivity contribution in [3.8, 4) is 11.3 Å². The lowest BCUT2D eigenvalue weighted by atomic mass is 10.0. The van der Waals surface area contributed by atoms with Crippen molar-refractivity contribution in [3.63, 3.8) is 0 Å². The summed E-state index contributed by atoms with van der Waals surface area (Å²) < 4.78 is 0. The van der Waals surface area contributed by atoms with E-state index >= 15 is 0 Å². The van der Waals surface area contributed by atoms with Crippen molar-refractivity contribution in [2.24, 2.45) is 0 Å². The van der Waals surface area contributed by atoms with Crippen molar-refractivity contribution in [2.75, 3.05) is 5.73 Å². The molecule has 5 heteroatoms. The molecule has 0 radical (unpaired) electrons. The first-order chi connectivity index (χ1) is 7.61. The first-order valence-electron chi connectivity index (χ1n) is 4.74. The Balaban J connectivity index is 2.58. The molecule has 5 nitrogen and oxygen atoms in total. The molecule has 0 aliphatic heterocycles. The number of rotatable bonds is 2. The van der Waals surface area contributed by atoms with Crippen molar-refractivity contribution in [2.45, 2.75) is 6.92 Å². The highest BCUT2D eigenvalue weighted by atomic mass is 16.4. The molecule has 2 rings (SSSR count). The van der Waals surface area contributed by atoms with Crippen LogP contribution in [0.25, 0.3) is 11.3 Å². The monoisotopic (exact) mass is 217 g/mol. The minimum absolute atomic E-state index is 0.0711. The fraction of sp³-hybridized carbons (Fsp3) is 0.0909. The molecule has 16 heavy (non-hydrogen) atoms. The van der Waals surface area contributed by atoms with E-state index in [1.165, 1.54) is 0 Å². The van der Waals surface area contributed by atoms with Crippen molar-refractivity contribution >= 4 is 11.7 Å². The topological polar surface area (TPSA) is 92.0 Å². The lowest BCUT2D eigenvalue weighted by Crippen LogP contribution is -2.01. The lowest BCUT2D eigenvalue weighted by Gasteiger charge is -2.02. The summed E-state index contributed by atoms with van der Waals surface area (Å²) >= 11 is 0. The number of carboxylic acid groups (broad SMARTS) is 1. The molecule has 2 aromatic rings. The predicted molar refractivity (Wildman–Crippen MR) is 60.1 cm³/mol. The largest absolute Gasteiger partial charge is 0.476 e. The summed E-state index contributed by atoms with van der Waals surface area (Å²) in [6.07, 6.45) is 0. The maximum Gasteiger partial charge on any atom is 0.356 e. The number of carbonyl (C=O) groups is 1. The van der Waals surface area contributed by atoms with Crippen molar-refractivity contribution in [3.05, 3.63) is 35.5 Å². The average molecular weight is 217 g/mol. The number of nitrogens with one attached hydrogen (secondary N) is 1. The molecular formula is C11H11N3O2. The number of carboxylic acids is 1. The summed E-state index contributed by atoms with van der Waals surface area (Å²) in [5, 5.41) is 15.2. The Kier molecular flexibility index (Phi) is 2.36. The van der Waals surface area contributed by atoms with E-state index in [2.05, 4.69) is 10.2 Å². The number of nitrogens with zero attached hydrogens (tertiary/aromatic N) is 1. The van der Waals surface area contributed by atoms with Gasteiger partial charge in [-0.2, -0.15) is 5.10 Å². The number of benzene rings is 1. The zero-order chi connectivity index (χ0) is 11.7. The molecule has 0 saturated heterocycles. The van der Waals surface area contributed by atoms with Crippen LogP contribution in [0.5, 0.6) is 0 Å². The van der Waals surface area contributed by atoms with Crippen molar-refractivity contribution < 1.29 is 9.90 Å². The summed E-state index contributed by atoms with van der Waals surface area (Å²) in [7, 11) is 0. The minimum atomic E-state index is -1.11. The normalized spacial score (nSPS) is 10.3. The van der Waals surface area contributed by atoms with Crippen molar-refractivity contribution in [1.29, 1.82) is 0 Å². The Morgan fingerprint density at radius 2 is 2.12 bits per heavy atom. The molecule has 0 saturated carbocycles. The van der Waals surface area contributed by atoms with Crippen LogP contribution in [0.3, 0.4) is 0 Å². The average Bonchev–Trinajstić information content (AvgIpc) is 2.61. The summed E-state index contributed by atoms with van der Waals surface area (Å²) in [6, 6.07) is 7.54. The highest BCUT2D eigenvalue weighted by molar-refractivity contribution is 5.95. The van der Waals surface area contributed by atoms with Gasteiger partial charge in [0, 0.05) is 5.56 Å². The number of aromatic carboxylic acids is 1. The van der Waals surface area contributed by atoms with E-state index < -0.39 is 5.97 Å². The number of H-pyrrole nitrogens is 1. The minimum Gasteiger partial charge on any atom is -0.476 e. The Morgan fingerprint density at radius 1 is 1.44 bits per heavy atom. The highest BCUT2D eigenvalue weighted by Crippen LogP contribution is 2.28. The van der Waals surface area contributed by atoms with E-state index in [4.69, 9.17) is 10.8 Å². The number of nitrogens with two attached hydrogens (primary N) is 1. The predicted octanol–water partition coefficient (Wildman–Crippen LogP) is 1.67. The van der Waals surface area contributed by atoms with Crippen LogP contribution >= 0.6 is 0 Å². The summed E-state index contributed by atoms with van der Waals surface area (Å²) in [6.45, 7) is 1.92. The van der Waals surface area contributed by atoms with Crippen LogP contribution in [0.15, 0.2) is 24.3 Å². The number of aryl methyl sites for hydroxylation is 1. The van der Waals surface area contributed by atoms with Crippen LogP contribution in [0.1, 0.15) is 16.1 Å². The quantitative estimate of drug-likeness (QED) is 0.713. The standard InChI is InChI=1S/C11H11N3O2/c1-6-4-2-3-5-7(6)9-8(12)10(11(15)16)14-13-9/h2-5H,12H2,1H3,(H,13,14)(H,15,16). The van der Waals surface area contributed by atoms with Crippen molar-refractivity contribution in [1.82, 2.24) is 10.2 Å². The SMILES string of the molecule is Cc1ccccc1-c1n[nH]c(C(=O)O)c1N. The second-order valence-electron chi connectivity index (χ2n) is 3.48. The molecule has 0 spiro atoms. The van der Waals surface area contributed by atoms with Gasteiger partial charge in [0.2, 0.25) is 0 Å². The van der Waals surface area contributed by atoms with Gasteiger partial charge in [0.25, 0.3) is 0 Å². The summed E-state index contributed by atoms with van der Waals surface area (Å²) in [5.74, 6) is -1.11. The molecule has 0 aliphatic carbocycles. The highest BCUT2D eigenvalue weighted by Gasteiger charge is 2.17. The first kappa shape index (κ1) is 10.2. The van der Waals surface area contributed by atoms with Gasteiger partial charge >= 0.3 is 5.97 Å². The maximum absolute atomic E-state index is 10.8. The number of hydrogen-bond acceptors (Lipinski definition) is 3. The van der Waals surface area contributed by atoms with Gasteiger partial charge in [-0.15, -0.1) is 0 Å². The molecule has 82 valence electrons. The molecule has 0 unspecified atom stereocenters. The Morgan fingerprint density at radius 3 is 2.69 bits per heavy atom. The van der Waals surface area contributed by atoms with Crippen LogP contribution in [-0.4, -0.2) is 21.3 Å². The molecule has 1 aromatic heterocycles. The Labute approximate surface area is 91.9 Å². The molecular weight excluding hydrogens is 206 g/mol. The van der Waals surface area contributed by atoms with E-state index in [9.17, 15) is 4.79 Å². The van der Waals surface area contributed by atoms with E-state index in [0.717, 1.165) is 11.1 Å². The first-order valence-corrected chi connectivity index (χ1v) is 4.74. The van der Waals surface area contributed by atoms with Crippen LogP contribution in [0.4, 0.5) is 5.69 Å². The summed E-state index contributed by atoms with van der Waals surface area (Å²) in [4.78, 5) is 10.8. The molecule has 1 aromatic carbocycles. The van der Waals surface area contributed by atoms with Gasteiger partial charge in [-0.3, -0.25) is 5.10 Å². The van der Waals surface area contributed by atoms with Gasteiger partial charge in [-0.25, -0.2) is 4.79 Å². The van der Waals surface area contributed by atoms with Crippen LogP contribution in [0.2, 0.25) is 0 Å². The fourth-order valence-corrected chi connectivity index (χ4v) is 1.56.